The zero-order valence-electron chi connectivity index (χ0n) is 11.8. The number of hydrogen-bond acceptors (Lipinski definition) is 4. The highest BCUT2D eigenvalue weighted by Crippen LogP contribution is 2.27. The fourth-order valence-electron chi connectivity index (χ4n) is 2.44. The van der Waals surface area contributed by atoms with Gasteiger partial charge in [-0.05, 0) is 31.1 Å². The van der Waals surface area contributed by atoms with E-state index in [2.05, 4.69) is 36.0 Å². The van der Waals surface area contributed by atoms with E-state index in [4.69, 9.17) is 10.5 Å². The van der Waals surface area contributed by atoms with Crippen LogP contribution in [0.5, 0.6) is 5.88 Å². The van der Waals surface area contributed by atoms with Crippen LogP contribution in [0.4, 0.5) is 5.82 Å². The normalized spacial score (nSPS) is 22.4. The van der Waals surface area contributed by atoms with Crippen molar-refractivity contribution in [2.45, 2.75) is 39.5 Å². The summed E-state index contributed by atoms with van der Waals surface area (Å²) in [4.78, 5) is 8.28. The Kier molecular flexibility index (Phi) is 4.77. The standard InChI is InChI=1S/C15H23N3O/c1-3-6-13-14(16)17-10-18-15(13)19-9-12-8-5-4-7-11(12)2/h4-5,10-12H,3,6-9H2,1-2H3,(H2,16,17,18). The number of nitrogens with two attached hydrogens (primary N) is 1. The van der Waals surface area contributed by atoms with Gasteiger partial charge in [-0.15, -0.1) is 0 Å². The number of nitrogens with zero attached hydrogens (tertiary/aromatic N) is 2. The molecule has 0 saturated carbocycles. The molecule has 2 rings (SSSR count). The number of hydrogen-bond donors (Lipinski definition) is 1. The molecule has 1 heterocycles. The molecular formula is C15H23N3O. The predicted molar refractivity (Wildman–Crippen MR) is 77.0 cm³/mol. The maximum atomic E-state index is 5.92. The zero-order valence-corrected chi connectivity index (χ0v) is 11.8. The first-order chi connectivity index (χ1) is 9.22. The van der Waals surface area contributed by atoms with E-state index in [1.54, 1.807) is 0 Å². The Balaban J connectivity index is 2.02. The molecule has 0 saturated heterocycles. The molecule has 0 aliphatic heterocycles. The minimum absolute atomic E-state index is 0.545. The van der Waals surface area contributed by atoms with Crippen molar-refractivity contribution in [2.24, 2.45) is 11.8 Å². The predicted octanol–water partition coefficient (Wildman–Crippen LogP) is 2.99. The molecule has 4 nitrogen and oxygen atoms in total. The van der Waals surface area contributed by atoms with Gasteiger partial charge in [0.05, 0.1) is 12.2 Å². The maximum absolute atomic E-state index is 5.92. The fourth-order valence-corrected chi connectivity index (χ4v) is 2.44. The summed E-state index contributed by atoms with van der Waals surface area (Å²) in [5, 5.41) is 0. The van der Waals surface area contributed by atoms with Crippen molar-refractivity contribution in [1.82, 2.24) is 9.97 Å². The summed E-state index contributed by atoms with van der Waals surface area (Å²) in [7, 11) is 0. The van der Waals surface area contributed by atoms with Crippen LogP contribution in [0.3, 0.4) is 0 Å². The Labute approximate surface area is 115 Å². The molecule has 4 heteroatoms. The van der Waals surface area contributed by atoms with Crippen molar-refractivity contribution in [2.75, 3.05) is 12.3 Å². The van der Waals surface area contributed by atoms with Crippen molar-refractivity contribution in [1.29, 1.82) is 0 Å². The van der Waals surface area contributed by atoms with Crippen LogP contribution in [0.15, 0.2) is 18.5 Å². The van der Waals surface area contributed by atoms with Gasteiger partial charge in [0.1, 0.15) is 12.1 Å². The van der Waals surface area contributed by atoms with Crippen molar-refractivity contribution in [3.63, 3.8) is 0 Å². The second-order valence-electron chi connectivity index (χ2n) is 5.28. The monoisotopic (exact) mass is 261 g/mol. The van der Waals surface area contributed by atoms with Crippen LogP contribution in [0.1, 0.15) is 38.7 Å². The lowest BCUT2D eigenvalue weighted by atomic mass is 9.85. The van der Waals surface area contributed by atoms with Crippen molar-refractivity contribution in [3.05, 3.63) is 24.0 Å². The number of rotatable bonds is 5. The first-order valence-electron chi connectivity index (χ1n) is 7.09. The minimum Gasteiger partial charge on any atom is -0.477 e. The minimum atomic E-state index is 0.545. The van der Waals surface area contributed by atoms with Gasteiger partial charge in [0.15, 0.2) is 0 Å². The van der Waals surface area contributed by atoms with Crippen LogP contribution in [0.25, 0.3) is 0 Å². The Morgan fingerprint density at radius 2 is 2.11 bits per heavy atom. The molecular weight excluding hydrogens is 238 g/mol. The quantitative estimate of drug-likeness (QED) is 0.828. The van der Waals surface area contributed by atoms with Gasteiger partial charge in [0.2, 0.25) is 5.88 Å². The second kappa shape index (κ2) is 6.55. The average molecular weight is 261 g/mol. The molecule has 1 aliphatic rings. The van der Waals surface area contributed by atoms with Crippen LogP contribution in [0.2, 0.25) is 0 Å². The lowest BCUT2D eigenvalue weighted by Gasteiger charge is -2.25. The van der Waals surface area contributed by atoms with E-state index in [0.717, 1.165) is 31.2 Å². The largest absolute Gasteiger partial charge is 0.477 e. The summed E-state index contributed by atoms with van der Waals surface area (Å²) < 4.78 is 5.92. The molecule has 0 fully saturated rings. The Bertz CT molecular complexity index is 445. The summed E-state index contributed by atoms with van der Waals surface area (Å²) >= 11 is 0. The van der Waals surface area contributed by atoms with Gasteiger partial charge in [0.25, 0.3) is 0 Å². The molecule has 2 N–H and O–H groups in total. The molecule has 0 spiro atoms. The Hall–Kier alpha value is -1.58. The third-order valence-electron chi connectivity index (χ3n) is 3.79. The SMILES string of the molecule is CCCc1c(N)ncnc1OCC1CC=CCC1C. The van der Waals surface area contributed by atoms with Gasteiger partial charge in [-0.2, -0.15) is 0 Å². The van der Waals surface area contributed by atoms with E-state index in [1.807, 2.05) is 0 Å². The maximum Gasteiger partial charge on any atom is 0.221 e. The fraction of sp³-hybridized carbons (Fsp3) is 0.600. The summed E-state index contributed by atoms with van der Waals surface area (Å²) in [6.45, 7) is 5.10. The molecule has 1 aromatic heterocycles. The average Bonchev–Trinajstić information content (AvgIpc) is 2.41. The zero-order chi connectivity index (χ0) is 13.7. The summed E-state index contributed by atoms with van der Waals surface area (Å²) in [6.07, 6.45) is 10.1. The summed E-state index contributed by atoms with van der Waals surface area (Å²) in [6, 6.07) is 0. The van der Waals surface area contributed by atoms with E-state index in [9.17, 15) is 0 Å². The molecule has 0 aromatic carbocycles. The highest BCUT2D eigenvalue weighted by Gasteiger charge is 2.20. The van der Waals surface area contributed by atoms with E-state index in [-0.39, 0.29) is 0 Å². The number of aromatic nitrogens is 2. The van der Waals surface area contributed by atoms with Gasteiger partial charge < -0.3 is 10.5 Å². The summed E-state index contributed by atoms with van der Waals surface area (Å²) in [5.74, 6) is 2.44. The van der Waals surface area contributed by atoms with E-state index >= 15 is 0 Å². The van der Waals surface area contributed by atoms with Crippen molar-refractivity contribution in [3.8, 4) is 5.88 Å². The van der Waals surface area contributed by atoms with Crippen LogP contribution in [0, 0.1) is 11.8 Å². The number of allylic oxidation sites excluding steroid dienone is 2. The molecule has 2 unspecified atom stereocenters. The Morgan fingerprint density at radius 1 is 1.32 bits per heavy atom. The van der Waals surface area contributed by atoms with Gasteiger partial charge in [0, 0.05) is 0 Å². The van der Waals surface area contributed by atoms with Crippen LogP contribution in [-0.2, 0) is 6.42 Å². The second-order valence-corrected chi connectivity index (χ2v) is 5.28. The highest BCUT2D eigenvalue weighted by molar-refractivity contribution is 5.44. The third kappa shape index (κ3) is 3.46. The van der Waals surface area contributed by atoms with Crippen LogP contribution >= 0.6 is 0 Å². The smallest absolute Gasteiger partial charge is 0.221 e. The molecule has 104 valence electrons. The first kappa shape index (κ1) is 13.8. The topological polar surface area (TPSA) is 61.0 Å². The van der Waals surface area contributed by atoms with Gasteiger partial charge >= 0.3 is 0 Å². The van der Waals surface area contributed by atoms with E-state index < -0.39 is 0 Å². The molecule has 1 aromatic rings. The lowest BCUT2D eigenvalue weighted by Crippen LogP contribution is -2.22. The number of nitrogen functional groups attached to an aromatic ring is 1. The third-order valence-corrected chi connectivity index (χ3v) is 3.79. The van der Waals surface area contributed by atoms with Crippen LogP contribution in [-0.4, -0.2) is 16.6 Å². The Morgan fingerprint density at radius 3 is 2.84 bits per heavy atom. The molecule has 0 bridgehead atoms. The highest BCUT2D eigenvalue weighted by atomic mass is 16.5. The molecule has 0 amide bonds. The van der Waals surface area contributed by atoms with Gasteiger partial charge in [-0.3, -0.25) is 0 Å². The van der Waals surface area contributed by atoms with E-state index in [0.29, 0.717) is 30.1 Å². The molecule has 19 heavy (non-hydrogen) atoms. The van der Waals surface area contributed by atoms with Crippen LogP contribution < -0.4 is 10.5 Å². The lowest BCUT2D eigenvalue weighted by molar-refractivity contribution is 0.191. The van der Waals surface area contributed by atoms with E-state index in [1.165, 1.54) is 6.33 Å². The van der Waals surface area contributed by atoms with Gasteiger partial charge in [-0.1, -0.05) is 32.4 Å². The first-order valence-corrected chi connectivity index (χ1v) is 7.09. The van der Waals surface area contributed by atoms with Gasteiger partial charge in [-0.25, -0.2) is 9.97 Å². The molecule has 1 aliphatic carbocycles. The summed E-state index contributed by atoms with van der Waals surface area (Å²) in [5.41, 5.74) is 6.85. The molecule has 2 atom stereocenters. The number of ether oxygens (including phenoxy) is 1. The van der Waals surface area contributed by atoms with Crippen molar-refractivity contribution < 1.29 is 4.74 Å². The number of anilines is 1. The van der Waals surface area contributed by atoms with Crippen molar-refractivity contribution >= 4 is 5.82 Å². The molecule has 0 radical (unpaired) electrons.